The predicted octanol–water partition coefficient (Wildman–Crippen LogP) is 5.06. The van der Waals surface area contributed by atoms with Gasteiger partial charge in [-0.25, -0.2) is 4.31 Å². The number of thiol groups is 1. The van der Waals surface area contributed by atoms with Gasteiger partial charge in [-0.1, -0.05) is 26.7 Å². The first-order valence-corrected chi connectivity index (χ1v) is 9.23. The van der Waals surface area contributed by atoms with Gasteiger partial charge in [-0.3, -0.25) is 0 Å². The molecule has 0 aromatic rings. The Kier molecular flexibility index (Phi) is 9.84. The molecule has 0 aromatic heterocycles. The quantitative estimate of drug-likeness (QED) is 0.414. The number of rotatable bonds is 6. The molecule has 0 spiro atoms. The summed E-state index contributed by atoms with van der Waals surface area (Å²) >= 11 is 4.82. The number of ether oxygens (including phenoxy) is 2. The Morgan fingerprint density at radius 2 is 1.35 bits per heavy atom. The molecule has 1 aliphatic heterocycles. The van der Waals surface area contributed by atoms with Gasteiger partial charge in [-0.05, 0) is 54.4 Å². The molecule has 0 aliphatic carbocycles. The zero-order valence-electron chi connectivity index (χ0n) is 16.5. The molecule has 1 aliphatic rings. The van der Waals surface area contributed by atoms with Crippen LogP contribution in [0.3, 0.4) is 0 Å². The van der Waals surface area contributed by atoms with Crippen LogP contribution in [0.25, 0.3) is 0 Å². The SMILES string of the molecule is CC#CC.CCOC1(OCC)CC(C)(C)N(S)C(CC)(CC)C1. The van der Waals surface area contributed by atoms with Crippen LogP contribution < -0.4 is 0 Å². The third-order valence-corrected chi connectivity index (χ3v) is 5.67. The molecule has 0 aromatic carbocycles. The lowest BCUT2D eigenvalue weighted by Crippen LogP contribution is -2.65. The average Bonchev–Trinajstić information content (AvgIpc) is 2.51. The summed E-state index contributed by atoms with van der Waals surface area (Å²) in [4.78, 5) is 0. The molecular weight excluding hydrogens is 306 g/mol. The molecule has 4 heteroatoms. The molecule has 0 bridgehead atoms. The lowest BCUT2D eigenvalue weighted by atomic mass is 9.74. The predicted molar refractivity (Wildman–Crippen MR) is 103 cm³/mol. The van der Waals surface area contributed by atoms with Gasteiger partial charge in [0.2, 0.25) is 0 Å². The van der Waals surface area contributed by atoms with Crippen LogP contribution >= 0.6 is 12.8 Å². The molecule has 0 atom stereocenters. The molecule has 1 fully saturated rings. The Balaban J connectivity index is 0.00000108. The maximum absolute atomic E-state index is 6.07. The van der Waals surface area contributed by atoms with E-state index >= 15 is 0 Å². The largest absolute Gasteiger partial charge is 0.350 e. The minimum Gasteiger partial charge on any atom is -0.350 e. The van der Waals surface area contributed by atoms with Crippen LogP contribution in [-0.2, 0) is 9.47 Å². The van der Waals surface area contributed by atoms with Crippen LogP contribution in [0.15, 0.2) is 0 Å². The van der Waals surface area contributed by atoms with Gasteiger partial charge in [0.05, 0.1) is 0 Å². The molecule has 136 valence electrons. The Hall–Kier alpha value is -0.210. The molecule has 0 radical (unpaired) electrons. The molecule has 3 nitrogen and oxygen atoms in total. The first-order chi connectivity index (χ1) is 10.7. The second kappa shape index (κ2) is 9.93. The van der Waals surface area contributed by atoms with Crippen molar-refractivity contribution < 1.29 is 9.47 Å². The monoisotopic (exact) mass is 343 g/mol. The van der Waals surface area contributed by atoms with Gasteiger partial charge in [0.25, 0.3) is 0 Å². The van der Waals surface area contributed by atoms with E-state index in [2.05, 4.69) is 43.8 Å². The van der Waals surface area contributed by atoms with Crippen LogP contribution in [0.5, 0.6) is 0 Å². The molecule has 0 unspecified atom stereocenters. The zero-order chi connectivity index (χ0) is 18.1. The van der Waals surface area contributed by atoms with E-state index in [-0.39, 0.29) is 11.1 Å². The highest BCUT2D eigenvalue weighted by Crippen LogP contribution is 2.49. The molecule has 0 N–H and O–H groups in total. The third kappa shape index (κ3) is 5.67. The first kappa shape index (κ1) is 22.8. The smallest absolute Gasteiger partial charge is 0.171 e. The van der Waals surface area contributed by atoms with E-state index in [4.69, 9.17) is 22.3 Å². The Bertz CT molecular complexity index is 382. The van der Waals surface area contributed by atoms with E-state index in [9.17, 15) is 0 Å². The maximum Gasteiger partial charge on any atom is 0.171 e. The molecule has 0 amide bonds. The van der Waals surface area contributed by atoms with E-state index in [0.29, 0.717) is 13.2 Å². The lowest BCUT2D eigenvalue weighted by molar-refractivity contribution is -0.283. The fourth-order valence-electron chi connectivity index (χ4n) is 3.59. The van der Waals surface area contributed by atoms with E-state index in [0.717, 1.165) is 25.7 Å². The molecule has 1 heterocycles. The second-order valence-electron chi connectivity index (χ2n) is 6.69. The molecule has 1 rings (SSSR count). The number of hydrogen-bond acceptors (Lipinski definition) is 4. The lowest BCUT2D eigenvalue weighted by Gasteiger charge is -2.58. The topological polar surface area (TPSA) is 21.7 Å². The summed E-state index contributed by atoms with van der Waals surface area (Å²) in [5, 5.41) is 0. The summed E-state index contributed by atoms with van der Waals surface area (Å²) < 4.78 is 14.4. The van der Waals surface area contributed by atoms with Crippen molar-refractivity contribution in [1.82, 2.24) is 4.31 Å². The fraction of sp³-hybridized carbons (Fsp3) is 0.895. The Labute approximate surface area is 150 Å². The highest BCUT2D eigenvalue weighted by atomic mass is 32.1. The van der Waals surface area contributed by atoms with E-state index in [1.807, 2.05) is 27.7 Å². The van der Waals surface area contributed by atoms with Crippen molar-refractivity contribution in [2.24, 2.45) is 0 Å². The van der Waals surface area contributed by atoms with Crippen molar-refractivity contribution >= 4 is 12.8 Å². The average molecular weight is 344 g/mol. The van der Waals surface area contributed by atoms with Crippen molar-refractivity contribution in [3.8, 4) is 11.8 Å². The summed E-state index contributed by atoms with van der Waals surface area (Å²) in [5.41, 5.74) is -0.00702. The van der Waals surface area contributed by atoms with Gasteiger partial charge in [0, 0.05) is 37.1 Å². The number of hydrogen-bond donors (Lipinski definition) is 1. The van der Waals surface area contributed by atoms with Crippen molar-refractivity contribution in [2.75, 3.05) is 13.2 Å². The highest BCUT2D eigenvalue weighted by molar-refractivity contribution is 7.77. The van der Waals surface area contributed by atoms with Crippen LogP contribution in [-0.4, -0.2) is 34.4 Å². The minimum atomic E-state index is -0.460. The van der Waals surface area contributed by atoms with Crippen LogP contribution in [0.1, 0.15) is 81.1 Å². The normalized spacial score (nSPS) is 21.6. The highest BCUT2D eigenvalue weighted by Gasteiger charge is 2.55. The second-order valence-corrected chi connectivity index (χ2v) is 7.09. The standard InChI is InChI=1S/C15H31NO2S.C4H6/c1-7-14(8-2)12-15(17-9-3,18-10-4)11-13(5,6)16(14)19;1-3-4-2/h19H,7-12H2,1-6H3;1-2H3. The van der Waals surface area contributed by atoms with Crippen LogP contribution in [0.2, 0.25) is 0 Å². The van der Waals surface area contributed by atoms with Crippen LogP contribution in [0.4, 0.5) is 0 Å². The van der Waals surface area contributed by atoms with Crippen molar-refractivity contribution in [3.63, 3.8) is 0 Å². The van der Waals surface area contributed by atoms with Gasteiger partial charge >= 0.3 is 0 Å². The van der Waals surface area contributed by atoms with Gasteiger partial charge in [-0.15, -0.1) is 11.8 Å². The minimum absolute atomic E-state index is 0.0369. The van der Waals surface area contributed by atoms with Crippen LogP contribution in [0, 0.1) is 11.8 Å². The van der Waals surface area contributed by atoms with E-state index in [1.165, 1.54) is 0 Å². The van der Waals surface area contributed by atoms with E-state index in [1.54, 1.807) is 0 Å². The third-order valence-electron chi connectivity index (χ3n) is 4.70. The Morgan fingerprint density at radius 3 is 1.65 bits per heavy atom. The first-order valence-electron chi connectivity index (χ1n) is 8.83. The molecular formula is C19H37NO2S. The molecule has 23 heavy (non-hydrogen) atoms. The summed E-state index contributed by atoms with van der Waals surface area (Å²) in [5.74, 6) is 4.90. The van der Waals surface area contributed by atoms with Crippen molar-refractivity contribution in [2.45, 2.75) is 97.9 Å². The zero-order valence-corrected chi connectivity index (χ0v) is 17.3. The van der Waals surface area contributed by atoms with Gasteiger partial charge in [0.1, 0.15) is 0 Å². The van der Waals surface area contributed by atoms with Gasteiger partial charge in [0.15, 0.2) is 5.79 Å². The van der Waals surface area contributed by atoms with Gasteiger partial charge < -0.3 is 9.47 Å². The summed E-state index contributed by atoms with van der Waals surface area (Å²) in [7, 11) is 0. The van der Waals surface area contributed by atoms with E-state index < -0.39 is 5.79 Å². The molecule has 1 saturated heterocycles. The van der Waals surface area contributed by atoms with Crippen molar-refractivity contribution in [1.29, 1.82) is 0 Å². The number of piperidine rings is 1. The fourth-order valence-corrected chi connectivity index (χ4v) is 4.01. The summed E-state index contributed by atoms with van der Waals surface area (Å²) in [6.45, 7) is 18.0. The molecule has 0 saturated carbocycles. The number of nitrogens with zero attached hydrogens (tertiary/aromatic N) is 1. The van der Waals surface area contributed by atoms with Gasteiger partial charge in [-0.2, -0.15) is 0 Å². The Morgan fingerprint density at radius 1 is 0.913 bits per heavy atom. The summed E-state index contributed by atoms with van der Waals surface area (Å²) in [6, 6.07) is 0. The summed E-state index contributed by atoms with van der Waals surface area (Å²) in [6.07, 6.45) is 3.85. The van der Waals surface area contributed by atoms with Crippen molar-refractivity contribution in [3.05, 3.63) is 0 Å². The maximum atomic E-state index is 6.07.